The van der Waals surface area contributed by atoms with Crippen LogP contribution in [0.25, 0.3) is 65.3 Å². The summed E-state index contributed by atoms with van der Waals surface area (Å²) in [5.41, 5.74) is 11.2. The summed E-state index contributed by atoms with van der Waals surface area (Å²) in [4.78, 5) is 2.51. The van der Waals surface area contributed by atoms with Crippen molar-refractivity contribution in [3.05, 3.63) is 187 Å². The predicted octanol–water partition coefficient (Wildman–Crippen LogP) is 13.7. The zero-order valence-electron chi connectivity index (χ0n) is 28.2. The third-order valence-corrected chi connectivity index (χ3v) is 11.0. The molecule has 1 nitrogen and oxygen atoms in total. The second kappa shape index (κ2) is 10.9. The van der Waals surface area contributed by atoms with Crippen molar-refractivity contribution < 1.29 is 0 Å². The van der Waals surface area contributed by atoms with Crippen LogP contribution in [0.4, 0.5) is 17.1 Å². The zero-order valence-corrected chi connectivity index (χ0v) is 28.2. The van der Waals surface area contributed by atoms with Gasteiger partial charge >= 0.3 is 0 Å². The van der Waals surface area contributed by atoms with E-state index in [2.05, 4.69) is 195 Å². The Kier molecular flexibility index (Phi) is 6.29. The monoisotopic (exact) mass is 637 g/mol. The van der Waals surface area contributed by atoms with Crippen molar-refractivity contribution in [3.63, 3.8) is 0 Å². The van der Waals surface area contributed by atoms with Crippen LogP contribution in [0.5, 0.6) is 0 Å². The fraction of sp³-hybridized carbons (Fsp3) is 0.0612. The molecular formula is C49H35N. The molecule has 0 saturated heterocycles. The molecule has 1 aliphatic carbocycles. The van der Waals surface area contributed by atoms with E-state index < -0.39 is 0 Å². The summed E-state index contributed by atoms with van der Waals surface area (Å²) >= 11 is 0. The van der Waals surface area contributed by atoms with E-state index in [9.17, 15) is 0 Å². The first-order valence-corrected chi connectivity index (χ1v) is 17.5. The average molecular weight is 638 g/mol. The molecule has 10 rings (SSSR count). The molecular weight excluding hydrogens is 603 g/mol. The quantitative estimate of drug-likeness (QED) is 0.174. The molecule has 1 heteroatoms. The van der Waals surface area contributed by atoms with Gasteiger partial charge in [-0.2, -0.15) is 0 Å². The minimum Gasteiger partial charge on any atom is -0.309 e. The molecule has 0 aliphatic heterocycles. The van der Waals surface area contributed by atoms with Crippen molar-refractivity contribution in [3.8, 4) is 22.3 Å². The van der Waals surface area contributed by atoms with Gasteiger partial charge in [-0.25, -0.2) is 0 Å². The first-order valence-electron chi connectivity index (χ1n) is 17.5. The molecule has 9 aromatic rings. The summed E-state index contributed by atoms with van der Waals surface area (Å²) in [7, 11) is 0. The van der Waals surface area contributed by atoms with Crippen LogP contribution >= 0.6 is 0 Å². The lowest BCUT2D eigenvalue weighted by Gasteiger charge is -2.30. The molecule has 0 aromatic heterocycles. The summed E-state index contributed by atoms with van der Waals surface area (Å²) in [6, 6.07) is 65.0. The lowest BCUT2D eigenvalue weighted by Crippen LogP contribution is -2.15. The first kappa shape index (κ1) is 28.8. The topological polar surface area (TPSA) is 3.24 Å². The van der Waals surface area contributed by atoms with Crippen molar-refractivity contribution in [2.45, 2.75) is 19.3 Å². The third-order valence-electron chi connectivity index (χ3n) is 11.0. The lowest BCUT2D eigenvalue weighted by atomic mass is 9.82. The standard InChI is InChI=1S/C49H35N/c1-49(2)43-22-12-10-19-39(43)42-31-36(28-29-44(42)49)50(45-23-13-11-17-37(45)32-14-4-3-5-15-32)46-30-35-27-26-34-25-24-33-16-6-7-18-38(33)47(34)48(35)41-21-9-8-20-40(41)46/h3-31H,1-2H3. The SMILES string of the molecule is CC1(C)c2ccccc2-c2cc(N(c3ccccc3-c3ccccc3)c3cc4ccc5ccc6ccccc6c5c4c4ccccc34)ccc21. The Hall–Kier alpha value is -6.18. The van der Waals surface area contributed by atoms with Gasteiger partial charge in [0.2, 0.25) is 0 Å². The van der Waals surface area contributed by atoms with Crippen molar-refractivity contribution in [2.75, 3.05) is 4.90 Å². The van der Waals surface area contributed by atoms with Gasteiger partial charge in [-0.1, -0.05) is 166 Å². The largest absolute Gasteiger partial charge is 0.309 e. The lowest BCUT2D eigenvalue weighted by molar-refractivity contribution is 0.660. The number of nitrogens with zero attached hydrogens (tertiary/aromatic N) is 1. The summed E-state index contributed by atoms with van der Waals surface area (Å²) in [5, 5.41) is 10.2. The first-order chi connectivity index (χ1) is 24.6. The molecule has 1 aliphatic rings. The minimum absolute atomic E-state index is 0.0588. The Bertz CT molecular complexity index is 2790. The maximum absolute atomic E-state index is 2.51. The number of benzene rings is 9. The molecule has 9 aromatic carbocycles. The van der Waals surface area contributed by atoms with Crippen molar-refractivity contribution in [2.24, 2.45) is 0 Å². The van der Waals surface area contributed by atoms with Crippen LogP contribution in [-0.4, -0.2) is 0 Å². The van der Waals surface area contributed by atoms with Crippen LogP contribution in [-0.2, 0) is 5.41 Å². The highest BCUT2D eigenvalue weighted by molar-refractivity contribution is 6.29. The number of hydrogen-bond acceptors (Lipinski definition) is 1. The number of rotatable bonds is 4. The highest BCUT2D eigenvalue weighted by Crippen LogP contribution is 2.52. The highest BCUT2D eigenvalue weighted by atomic mass is 15.1. The number of hydrogen-bond donors (Lipinski definition) is 0. The third kappa shape index (κ3) is 4.20. The van der Waals surface area contributed by atoms with Gasteiger partial charge in [0.1, 0.15) is 0 Å². The molecule has 0 saturated carbocycles. The predicted molar refractivity (Wildman–Crippen MR) is 214 cm³/mol. The fourth-order valence-electron chi connectivity index (χ4n) is 8.64. The van der Waals surface area contributed by atoms with E-state index in [1.165, 1.54) is 82.2 Å². The van der Waals surface area contributed by atoms with Crippen LogP contribution in [0, 0.1) is 0 Å². The minimum atomic E-state index is -0.0588. The van der Waals surface area contributed by atoms with E-state index in [-0.39, 0.29) is 5.41 Å². The van der Waals surface area contributed by atoms with Gasteiger partial charge in [0.05, 0.1) is 11.4 Å². The summed E-state index contributed by atoms with van der Waals surface area (Å²) < 4.78 is 0. The van der Waals surface area contributed by atoms with Crippen molar-refractivity contribution >= 4 is 60.2 Å². The van der Waals surface area contributed by atoms with Crippen LogP contribution in [0.3, 0.4) is 0 Å². The molecule has 0 fully saturated rings. The van der Waals surface area contributed by atoms with Crippen LogP contribution in [0.1, 0.15) is 25.0 Å². The van der Waals surface area contributed by atoms with E-state index in [0.717, 1.165) is 11.4 Å². The summed E-state index contributed by atoms with van der Waals surface area (Å²) in [6.07, 6.45) is 0. The molecule has 0 amide bonds. The molecule has 0 radical (unpaired) electrons. The number of para-hydroxylation sites is 1. The molecule has 0 spiro atoms. The van der Waals surface area contributed by atoms with Gasteiger partial charge in [0.25, 0.3) is 0 Å². The Morgan fingerprint density at radius 1 is 0.380 bits per heavy atom. The van der Waals surface area contributed by atoms with E-state index in [4.69, 9.17) is 0 Å². The molecule has 0 bridgehead atoms. The molecule has 0 heterocycles. The van der Waals surface area contributed by atoms with Crippen molar-refractivity contribution in [1.29, 1.82) is 0 Å². The van der Waals surface area contributed by atoms with Gasteiger partial charge in [-0.15, -0.1) is 0 Å². The van der Waals surface area contributed by atoms with E-state index in [1.54, 1.807) is 0 Å². The van der Waals surface area contributed by atoms with E-state index >= 15 is 0 Å². The number of fused-ring (bicyclic) bond motifs is 10. The Morgan fingerprint density at radius 2 is 0.980 bits per heavy atom. The fourth-order valence-corrected chi connectivity index (χ4v) is 8.64. The molecule has 50 heavy (non-hydrogen) atoms. The van der Waals surface area contributed by atoms with Gasteiger partial charge < -0.3 is 4.90 Å². The average Bonchev–Trinajstić information content (AvgIpc) is 3.40. The van der Waals surface area contributed by atoms with Gasteiger partial charge in [-0.05, 0) is 89.8 Å². The summed E-state index contributed by atoms with van der Waals surface area (Å²) in [5.74, 6) is 0. The normalized spacial score (nSPS) is 13.2. The second-order valence-corrected chi connectivity index (χ2v) is 14.1. The molecule has 0 N–H and O–H groups in total. The van der Waals surface area contributed by atoms with Crippen LogP contribution < -0.4 is 4.90 Å². The van der Waals surface area contributed by atoms with Gasteiger partial charge in [0.15, 0.2) is 0 Å². The highest BCUT2D eigenvalue weighted by Gasteiger charge is 2.35. The van der Waals surface area contributed by atoms with E-state index in [0.29, 0.717) is 0 Å². The second-order valence-electron chi connectivity index (χ2n) is 14.1. The summed E-state index contributed by atoms with van der Waals surface area (Å²) in [6.45, 7) is 4.70. The van der Waals surface area contributed by atoms with Gasteiger partial charge in [-0.3, -0.25) is 0 Å². The molecule has 0 unspecified atom stereocenters. The maximum atomic E-state index is 2.51. The Labute approximate surface area is 292 Å². The maximum Gasteiger partial charge on any atom is 0.0546 e. The van der Waals surface area contributed by atoms with Crippen molar-refractivity contribution in [1.82, 2.24) is 0 Å². The zero-order chi connectivity index (χ0) is 33.4. The number of anilines is 3. The molecule has 236 valence electrons. The molecule has 0 atom stereocenters. The Balaban J connectivity index is 1.32. The van der Waals surface area contributed by atoms with Gasteiger partial charge in [0, 0.05) is 22.1 Å². The smallest absolute Gasteiger partial charge is 0.0546 e. The van der Waals surface area contributed by atoms with E-state index in [1.807, 2.05) is 0 Å². The van der Waals surface area contributed by atoms with Crippen LogP contribution in [0.2, 0.25) is 0 Å². The van der Waals surface area contributed by atoms with Crippen LogP contribution in [0.15, 0.2) is 176 Å². The Morgan fingerprint density at radius 3 is 1.82 bits per heavy atom.